The second-order valence-corrected chi connectivity index (χ2v) is 10.9. The molecule has 0 bridgehead atoms. The number of nitrogens with one attached hydrogen (secondary N) is 1. The number of hydrogen-bond acceptors (Lipinski definition) is 5. The number of halogens is 1. The number of aromatic amines is 1. The summed E-state index contributed by atoms with van der Waals surface area (Å²) in [6.07, 6.45) is 4.06. The SMILES string of the molecule is CS(C)(=O)=Nc1ccc(-c2ccc(-c3nc4cc(O[C@H]5CCOC5)[nH]c4cc3F)cc2)cc1. The molecule has 4 aromatic rings. The van der Waals surface area contributed by atoms with Gasteiger partial charge in [-0.1, -0.05) is 36.4 Å². The number of nitrogens with zero attached hydrogens (tertiary/aromatic N) is 2. The van der Waals surface area contributed by atoms with Crippen LogP contribution >= 0.6 is 0 Å². The highest BCUT2D eigenvalue weighted by molar-refractivity contribution is 7.92. The van der Waals surface area contributed by atoms with Gasteiger partial charge in [-0.2, -0.15) is 4.36 Å². The van der Waals surface area contributed by atoms with E-state index in [0.717, 1.165) is 17.5 Å². The molecule has 8 heteroatoms. The van der Waals surface area contributed by atoms with E-state index < -0.39 is 15.5 Å². The molecule has 3 heterocycles. The summed E-state index contributed by atoms with van der Waals surface area (Å²) in [6.45, 7) is 1.25. The van der Waals surface area contributed by atoms with Gasteiger partial charge in [0.25, 0.3) is 0 Å². The molecular weight excluding hydrogens is 441 g/mol. The first-order chi connectivity index (χ1) is 15.8. The van der Waals surface area contributed by atoms with Crippen molar-refractivity contribution in [1.29, 1.82) is 0 Å². The average Bonchev–Trinajstić information content (AvgIpc) is 3.42. The van der Waals surface area contributed by atoms with Gasteiger partial charge in [0.2, 0.25) is 0 Å². The smallest absolute Gasteiger partial charge is 0.193 e. The van der Waals surface area contributed by atoms with Gasteiger partial charge in [0, 0.05) is 46.4 Å². The van der Waals surface area contributed by atoms with Gasteiger partial charge in [0.05, 0.1) is 29.9 Å². The maximum atomic E-state index is 14.8. The third-order valence-electron chi connectivity index (χ3n) is 5.40. The Bertz CT molecular complexity index is 1410. The number of H-pyrrole nitrogens is 1. The molecule has 1 N–H and O–H groups in total. The van der Waals surface area contributed by atoms with Crippen molar-refractivity contribution in [3.63, 3.8) is 0 Å². The minimum absolute atomic E-state index is 0.00528. The zero-order chi connectivity index (χ0) is 23.0. The monoisotopic (exact) mass is 465 g/mol. The number of fused-ring (bicyclic) bond motifs is 1. The summed E-state index contributed by atoms with van der Waals surface area (Å²) >= 11 is 0. The van der Waals surface area contributed by atoms with Crippen molar-refractivity contribution in [2.24, 2.45) is 4.36 Å². The van der Waals surface area contributed by atoms with Gasteiger partial charge >= 0.3 is 0 Å². The van der Waals surface area contributed by atoms with Crippen molar-refractivity contribution in [1.82, 2.24) is 9.97 Å². The van der Waals surface area contributed by atoms with Crippen LogP contribution in [0.5, 0.6) is 5.88 Å². The molecule has 0 spiro atoms. The highest BCUT2D eigenvalue weighted by Gasteiger charge is 2.19. The van der Waals surface area contributed by atoms with Crippen LogP contribution in [0, 0.1) is 5.82 Å². The minimum atomic E-state index is -2.20. The fourth-order valence-corrected chi connectivity index (χ4v) is 4.48. The van der Waals surface area contributed by atoms with Gasteiger partial charge in [-0.3, -0.25) is 0 Å². The Labute approximate surface area is 192 Å². The van der Waals surface area contributed by atoms with Crippen LogP contribution in [-0.2, 0) is 14.5 Å². The number of rotatable bonds is 5. The second kappa shape index (κ2) is 8.61. The molecule has 33 heavy (non-hydrogen) atoms. The fourth-order valence-electron chi connectivity index (χ4n) is 3.85. The van der Waals surface area contributed by atoms with Crippen LogP contribution in [0.3, 0.4) is 0 Å². The first kappa shape index (κ1) is 21.6. The van der Waals surface area contributed by atoms with E-state index in [-0.39, 0.29) is 6.10 Å². The lowest BCUT2D eigenvalue weighted by Crippen LogP contribution is -2.15. The lowest BCUT2D eigenvalue weighted by Gasteiger charge is -2.08. The molecule has 1 fully saturated rings. The van der Waals surface area contributed by atoms with Gasteiger partial charge < -0.3 is 14.5 Å². The summed E-state index contributed by atoms with van der Waals surface area (Å²) in [7, 11) is -2.20. The van der Waals surface area contributed by atoms with Crippen LogP contribution in [0.2, 0.25) is 0 Å². The topological polar surface area (TPSA) is 76.6 Å². The minimum Gasteiger partial charge on any atom is -0.473 e. The maximum absolute atomic E-state index is 14.8. The molecule has 5 rings (SSSR count). The highest BCUT2D eigenvalue weighted by Crippen LogP contribution is 2.30. The zero-order valence-electron chi connectivity index (χ0n) is 18.4. The first-order valence-electron chi connectivity index (χ1n) is 10.7. The average molecular weight is 466 g/mol. The Kier molecular flexibility index (Phi) is 5.64. The van der Waals surface area contributed by atoms with E-state index in [0.29, 0.717) is 47.1 Å². The van der Waals surface area contributed by atoms with E-state index in [4.69, 9.17) is 9.47 Å². The predicted octanol–water partition coefficient (Wildman–Crippen LogP) is 5.56. The molecule has 170 valence electrons. The molecular formula is C25H24FN3O3S. The third kappa shape index (κ3) is 4.91. The van der Waals surface area contributed by atoms with E-state index in [1.165, 1.54) is 6.07 Å². The summed E-state index contributed by atoms with van der Waals surface area (Å²) in [6, 6.07) is 18.4. The van der Waals surface area contributed by atoms with Crippen LogP contribution in [-0.4, -0.2) is 46.0 Å². The largest absolute Gasteiger partial charge is 0.473 e. The molecule has 6 nitrogen and oxygen atoms in total. The normalized spacial score (nSPS) is 16.3. The molecule has 1 aliphatic heterocycles. The van der Waals surface area contributed by atoms with Crippen LogP contribution in [0.15, 0.2) is 65.0 Å². The molecule has 1 saturated heterocycles. The van der Waals surface area contributed by atoms with Crippen LogP contribution in [0.4, 0.5) is 10.1 Å². The number of benzene rings is 2. The Morgan fingerprint density at radius 3 is 2.36 bits per heavy atom. The van der Waals surface area contributed by atoms with Crippen LogP contribution < -0.4 is 4.74 Å². The van der Waals surface area contributed by atoms with Crippen LogP contribution in [0.25, 0.3) is 33.4 Å². The first-order valence-corrected chi connectivity index (χ1v) is 13.0. The molecule has 2 aromatic heterocycles. The van der Waals surface area contributed by atoms with Gasteiger partial charge in [0.15, 0.2) is 11.7 Å². The van der Waals surface area contributed by atoms with E-state index in [1.807, 2.05) is 48.5 Å². The summed E-state index contributed by atoms with van der Waals surface area (Å²) < 4.78 is 42.1. The zero-order valence-corrected chi connectivity index (χ0v) is 19.2. The van der Waals surface area contributed by atoms with Gasteiger partial charge in [-0.15, -0.1) is 0 Å². The lowest BCUT2D eigenvalue weighted by molar-refractivity contribution is 0.138. The second-order valence-electron chi connectivity index (χ2n) is 8.39. The van der Waals surface area contributed by atoms with Gasteiger partial charge in [-0.25, -0.2) is 13.6 Å². The van der Waals surface area contributed by atoms with Crippen molar-refractivity contribution in [3.8, 4) is 28.3 Å². The Balaban J connectivity index is 1.39. The Hall–Kier alpha value is -3.23. The fraction of sp³-hybridized carbons (Fsp3) is 0.240. The lowest BCUT2D eigenvalue weighted by atomic mass is 10.0. The van der Waals surface area contributed by atoms with Crippen molar-refractivity contribution < 1.29 is 18.1 Å². The molecule has 1 atom stereocenters. The van der Waals surface area contributed by atoms with Gasteiger partial charge in [-0.05, 0) is 23.3 Å². The number of aromatic nitrogens is 2. The molecule has 2 aromatic carbocycles. The van der Waals surface area contributed by atoms with Crippen molar-refractivity contribution in [2.45, 2.75) is 12.5 Å². The summed E-state index contributed by atoms with van der Waals surface area (Å²) in [4.78, 5) is 7.62. The molecule has 0 unspecified atom stereocenters. The summed E-state index contributed by atoms with van der Waals surface area (Å²) in [5.41, 5.74) is 4.87. The summed E-state index contributed by atoms with van der Waals surface area (Å²) in [5.74, 6) is 0.165. The number of ether oxygens (including phenoxy) is 2. The van der Waals surface area contributed by atoms with E-state index in [1.54, 1.807) is 18.6 Å². The van der Waals surface area contributed by atoms with Crippen LogP contribution in [0.1, 0.15) is 6.42 Å². The molecule has 1 aliphatic rings. The number of pyridine rings is 1. The van der Waals surface area contributed by atoms with E-state index in [9.17, 15) is 8.60 Å². The van der Waals surface area contributed by atoms with E-state index >= 15 is 0 Å². The van der Waals surface area contributed by atoms with Crippen molar-refractivity contribution >= 4 is 26.4 Å². The number of hydrogen-bond donors (Lipinski definition) is 1. The van der Waals surface area contributed by atoms with E-state index in [2.05, 4.69) is 14.3 Å². The molecule has 0 saturated carbocycles. The highest BCUT2D eigenvalue weighted by atomic mass is 32.2. The maximum Gasteiger partial charge on any atom is 0.193 e. The standard InChI is InChI=1S/C25H24FN3O3S/c1-33(2,30)29-19-9-7-17(8-10-19)16-3-5-18(6-4-16)25-21(26)13-22-23(28-25)14-24(27-22)32-20-11-12-31-15-20/h3-10,13-14,20,27H,11-12,15H2,1-2H3/t20-/m0/s1. The predicted molar refractivity (Wildman–Crippen MR) is 129 cm³/mol. The van der Waals surface area contributed by atoms with Crippen molar-refractivity contribution in [2.75, 3.05) is 25.7 Å². The molecule has 0 radical (unpaired) electrons. The summed E-state index contributed by atoms with van der Waals surface area (Å²) in [5, 5.41) is 0. The molecule has 0 amide bonds. The Morgan fingerprint density at radius 2 is 1.73 bits per heavy atom. The van der Waals surface area contributed by atoms with Crippen molar-refractivity contribution in [3.05, 3.63) is 66.5 Å². The van der Waals surface area contributed by atoms with Gasteiger partial charge in [0.1, 0.15) is 11.8 Å². The quantitative estimate of drug-likeness (QED) is 0.418. The molecule has 0 aliphatic carbocycles. The third-order valence-corrected chi connectivity index (χ3v) is 6.05. The Morgan fingerprint density at radius 1 is 1.06 bits per heavy atom.